The summed E-state index contributed by atoms with van der Waals surface area (Å²) in [5.41, 5.74) is 3.78. The monoisotopic (exact) mass is 453 g/mol. The Kier molecular flexibility index (Phi) is 9.34. The van der Waals surface area contributed by atoms with E-state index in [1.54, 1.807) is 12.1 Å². The molecule has 4 nitrogen and oxygen atoms in total. The summed E-state index contributed by atoms with van der Waals surface area (Å²) < 4.78 is 0. The molecule has 0 amide bonds. The zero-order valence-corrected chi connectivity index (χ0v) is 17.5. The van der Waals surface area contributed by atoms with Crippen LogP contribution in [0.15, 0.2) is 53.5 Å². The highest BCUT2D eigenvalue weighted by Gasteiger charge is 2.06. The summed E-state index contributed by atoms with van der Waals surface area (Å²) in [4.78, 5) is 6.49. The van der Waals surface area contributed by atoms with Crippen molar-refractivity contribution in [2.75, 3.05) is 20.6 Å². The van der Waals surface area contributed by atoms with E-state index < -0.39 is 0 Å². The van der Waals surface area contributed by atoms with Crippen LogP contribution in [0.5, 0.6) is 5.75 Å². The number of phenols is 1. The molecule has 2 rings (SSSR count). The molecule has 2 N–H and O–H groups in total. The molecule has 25 heavy (non-hydrogen) atoms. The summed E-state index contributed by atoms with van der Waals surface area (Å²) in [7, 11) is 3.86. The third-order valence-corrected chi connectivity index (χ3v) is 3.98. The van der Waals surface area contributed by atoms with Gasteiger partial charge < -0.3 is 15.3 Å². The zero-order chi connectivity index (χ0) is 17.4. The van der Waals surface area contributed by atoms with Gasteiger partial charge in [-0.2, -0.15) is 0 Å². The summed E-state index contributed by atoms with van der Waals surface area (Å²) in [5, 5.41) is 12.7. The maximum Gasteiger partial charge on any atom is 0.193 e. The lowest BCUT2D eigenvalue weighted by atomic mass is 10.1. The molecule has 136 valence electrons. The third kappa shape index (κ3) is 7.34. The van der Waals surface area contributed by atoms with E-state index in [-0.39, 0.29) is 24.0 Å². The molecule has 0 heterocycles. The number of rotatable bonds is 6. The van der Waals surface area contributed by atoms with Crippen LogP contribution in [0.3, 0.4) is 0 Å². The largest absolute Gasteiger partial charge is 0.508 e. The summed E-state index contributed by atoms with van der Waals surface area (Å²) in [6.07, 6.45) is 1.99. The van der Waals surface area contributed by atoms with E-state index in [2.05, 4.69) is 53.4 Å². The summed E-state index contributed by atoms with van der Waals surface area (Å²) in [6, 6.07) is 16.0. The topological polar surface area (TPSA) is 47.9 Å². The number of nitrogens with one attached hydrogen (secondary N) is 1. The number of aliphatic imine (C=N–C) groups is 1. The molecule has 0 aliphatic rings. The molecule has 0 radical (unpaired) electrons. The number of halogens is 1. The first kappa shape index (κ1) is 21.3. The van der Waals surface area contributed by atoms with Crippen LogP contribution in [0.25, 0.3) is 0 Å². The van der Waals surface area contributed by atoms with Gasteiger partial charge in [-0.1, -0.05) is 42.0 Å². The summed E-state index contributed by atoms with van der Waals surface area (Å²) >= 11 is 0. The van der Waals surface area contributed by atoms with Crippen molar-refractivity contribution in [1.82, 2.24) is 10.2 Å². The number of guanidine groups is 1. The van der Waals surface area contributed by atoms with Crippen LogP contribution in [-0.2, 0) is 13.0 Å². The summed E-state index contributed by atoms with van der Waals surface area (Å²) in [6.45, 7) is 3.80. The standard InChI is InChI=1S/C20H27N3O.HI/c1-16-6-8-18(9-7-16)15-23(3)20(21-2)22-14-4-5-17-10-12-19(24)13-11-17;/h6-13,24H,4-5,14-15H2,1-3H3,(H,21,22);1H. The van der Waals surface area contributed by atoms with Crippen LogP contribution in [0.1, 0.15) is 23.1 Å². The number of benzene rings is 2. The fourth-order valence-corrected chi connectivity index (χ4v) is 2.58. The number of aromatic hydroxyl groups is 1. The Labute approximate surface area is 168 Å². The van der Waals surface area contributed by atoms with Gasteiger partial charge in [0.15, 0.2) is 5.96 Å². The third-order valence-electron chi connectivity index (χ3n) is 3.98. The molecular weight excluding hydrogens is 425 g/mol. The molecule has 0 spiro atoms. The van der Waals surface area contributed by atoms with Crippen molar-refractivity contribution in [3.8, 4) is 5.75 Å². The second-order valence-electron chi connectivity index (χ2n) is 6.09. The van der Waals surface area contributed by atoms with Gasteiger partial charge in [0, 0.05) is 27.2 Å². The average molecular weight is 453 g/mol. The van der Waals surface area contributed by atoms with Gasteiger partial charge in [-0.3, -0.25) is 4.99 Å². The Morgan fingerprint density at radius 2 is 1.64 bits per heavy atom. The van der Waals surface area contributed by atoms with Crippen LogP contribution in [0.4, 0.5) is 0 Å². The van der Waals surface area contributed by atoms with E-state index in [1.807, 2.05) is 19.2 Å². The molecule has 0 fully saturated rings. The van der Waals surface area contributed by atoms with Crippen molar-refractivity contribution in [2.45, 2.75) is 26.3 Å². The molecule has 2 aromatic rings. The molecule has 0 atom stereocenters. The molecular formula is C20H28IN3O. The van der Waals surface area contributed by atoms with Gasteiger partial charge in [0.05, 0.1) is 0 Å². The highest BCUT2D eigenvalue weighted by molar-refractivity contribution is 14.0. The molecule has 0 saturated heterocycles. The van der Waals surface area contributed by atoms with Crippen LogP contribution in [-0.4, -0.2) is 36.6 Å². The van der Waals surface area contributed by atoms with Crippen molar-refractivity contribution >= 4 is 29.9 Å². The van der Waals surface area contributed by atoms with Gasteiger partial charge in [-0.05, 0) is 43.0 Å². The average Bonchev–Trinajstić information content (AvgIpc) is 2.58. The predicted molar refractivity (Wildman–Crippen MR) is 116 cm³/mol. The second kappa shape index (κ2) is 11.0. The van der Waals surface area contributed by atoms with Gasteiger partial charge in [-0.25, -0.2) is 0 Å². The fourth-order valence-electron chi connectivity index (χ4n) is 2.58. The zero-order valence-electron chi connectivity index (χ0n) is 15.2. The lowest BCUT2D eigenvalue weighted by Crippen LogP contribution is -2.39. The maximum atomic E-state index is 9.30. The Hall–Kier alpha value is -1.76. The normalized spacial score (nSPS) is 10.9. The van der Waals surface area contributed by atoms with E-state index in [0.717, 1.165) is 31.9 Å². The lowest BCUT2D eigenvalue weighted by molar-refractivity contribution is 0.474. The Morgan fingerprint density at radius 1 is 1.04 bits per heavy atom. The van der Waals surface area contributed by atoms with E-state index in [9.17, 15) is 5.11 Å². The highest BCUT2D eigenvalue weighted by Crippen LogP contribution is 2.11. The lowest BCUT2D eigenvalue weighted by Gasteiger charge is -2.22. The van der Waals surface area contributed by atoms with Gasteiger partial charge in [0.2, 0.25) is 0 Å². The Bertz CT molecular complexity index is 654. The van der Waals surface area contributed by atoms with Crippen LogP contribution >= 0.6 is 24.0 Å². The quantitative estimate of drug-likeness (QED) is 0.301. The number of phenolic OH excluding ortho intramolecular Hbond substituents is 1. The molecule has 2 aromatic carbocycles. The van der Waals surface area contributed by atoms with Crippen LogP contribution in [0.2, 0.25) is 0 Å². The number of hydrogen-bond donors (Lipinski definition) is 2. The smallest absolute Gasteiger partial charge is 0.193 e. The first-order chi connectivity index (χ1) is 11.6. The van der Waals surface area contributed by atoms with Crippen molar-refractivity contribution < 1.29 is 5.11 Å². The molecule has 0 unspecified atom stereocenters. The molecule has 5 heteroatoms. The first-order valence-electron chi connectivity index (χ1n) is 8.33. The fraction of sp³-hybridized carbons (Fsp3) is 0.350. The summed E-state index contributed by atoms with van der Waals surface area (Å²) in [5.74, 6) is 1.22. The molecule has 0 saturated carbocycles. The van der Waals surface area contributed by atoms with E-state index in [0.29, 0.717) is 5.75 Å². The number of aryl methyl sites for hydroxylation is 2. The van der Waals surface area contributed by atoms with Gasteiger partial charge in [0.1, 0.15) is 5.75 Å². The molecule has 0 aromatic heterocycles. The highest BCUT2D eigenvalue weighted by atomic mass is 127. The van der Waals surface area contributed by atoms with Crippen molar-refractivity contribution in [3.05, 3.63) is 65.2 Å². The minimum absolute atomic E-state index is 0. The van der Waals surface area contributed by atoms with E-state index in [4.69, 9.17) is 0 Å². The van der Waals surface area contributed by atoms with Crippen molar-refractivity contribution in [1.29, 1.82) is 0 Å². The van der Waals surface area contributed by atoms with Gasteiger partial charge >= 0.3 is 0 Å². The van der Waals surface area contributed by atoms with Crippen LogP contribution < -0.4 is 5.32 Å². The van der Waals surface area contributed by atoms with Gasteiger partial charge in [-0.15, -0.1) is 24.0 Å². The minimum Gasteiger partial charge on any atom is -0.508 e. The van der Waals surface area contributed by atoms with Crippen molar-refractivity contribution in [3.63, 3.8) is 0 Å². The van der Waals surface area contributed by atoms with E-state index in [1.165, 1.54) is 16.7 Å². The Balaban J connectivity index is 0.00000312. The molecule has 0 bridgehead atoms. The number of hydrogen-bond acceptors (Lipinski definition) is 2. The molecule has 0 aliphatic carbocycles. The number of nitrogens with zero attached hydrogens (tertiary/aromatic N) is 2. The minimum atomic E-state index is 0. The van der Waals surface area contributed by atoms with Gasteiger partial charge in [0.25, 0.3) is 0 Å². The predicted octanol–water partition coefficient (Wildman–Crippen LogP) is 3.96. The first-order valence-corrected chi connectivity index (χ1v) is 8.33. The SMILES string of the molecule is CN=C(NCCCc1ccc(O)cc1)N(C)Cc1ccc(C)cc1.I. The van der Waals surface area contributed by atoms with Crippen molar-refractivity contribution in [2.24, 2.45) is 4.99 Å². The maximum absolute atomic E-state index is 9.30. The Morgan fingerprint density at radius 3 is 2.24 bits per heavy atom. The van der Waals surface area contributed by atoms with E-state index >= 15 is 0 Å². The molecule has 0 aliphatic heterocycles. The second-order valence-corrected chi connectivity index (χ2v) is 6.09. The van der Waals surface area contributed by atoms with Crippen LogP contribution in [0, 0.1) is 6.92 Å².